The van der Waals surface area contributed by atoms with Crippen molar-refractivity contribution in [3.05, 3.63) is 94.0 Å². The average Bonchev–Trinajstić information content (AvgIpc) is 2.89. The molecule has 0 atom stereocenters. The van der Waals surface area contributed by atoms with Crippen LogP contribution in [0.4, 0.5) is 5.69 Å². The molecule has 4 rings (SSSR count). The first-order chi connectivity index (χ1) is 17.8. The first kappa shape index (κ1) is 27.2. The van der Waals surface area contributed by atoms with Gasteiger partial charge in [0.25, 0.3) is 5.91 Å². The largest absolute Gasteiger partial charge is 0.495 e. The summed E-state index contributed by atoms with van der Waals surface area (Å²) in [6.45, 7) is 2.72. The van der Waals surface area contributed by atoms with Crippen molar-refractivity contribution in [2.45, 2.75) is 4.90 Å². The molecule has 0 saturated carbocycles. The summed E-state index contributed by atoms with van der Waals surface area (Å²) in [5.41, 5.74) is 1.56. The number of nitrogens with one attached hydrogen (secondary N) is 1. The summed E-state index contributed by atoms with van der Waals surface area (Å²) >= 11 is 12.1. The zero-order valence-corrected chi connectivity index (χ0v) is 22.6. The highest BCUT2D eigenvalue weighted by molar-refractivity contribution is 7.89. The summed E-state index contributed by atoms with van der Waals surface area (Å²) < 4.78 is 33.6. The normalized spacial score (nSPS) is 15.1. The zero-order valence-electron chi connectivity index (χ0n) is 20.2. The average molecular weight is 561 g/mol. The number of ether oxygens (including phenoxy) is 1. The van der Waals surface area contributed by atoms with Gasteiger partial charge in [-0.1, -0.05) is 65.7 Å². The molecule has 1 saturated heterocycles. The molecule has 3 aromatic rings. The highest BCUT2D eigenvalue weighted by Gasteiger charge is 2.29. The lowest BCUT2D eigenvalue weighted by Gasteiger charge is -2.33. The number of benzene rings is 3. The molecule has 194 valence electrons. The van der Waals surface area contributed by atoms with Crippen molar-refractivity contribution in [3.63, 3.8) is 0 Å². The number of carbonyl (C=O) groups excluding carboxylic acids is 1. The topological polar surface area (TPSA) is 79.0 Å². The summed E-state index contributed by atoms with van der Waals surface area (Å²) in [4.78, 5) is 15.1. The third-order valence-electron chi connectivity index (χ3n) is 6.04. The van der Waals surface area contributed by atoms with Gasteiger partial charge >= 0.3 is 0 Å². The summed E-state index contributed by atoms with van der Waals surface area (Å²) in [7, 11) is -2.33. The Morgan fingerprint density at radius 3 is 2.41 bits per heavy atom. The van der Waals surface area contributed by atoms with Crippen LogP contribution in [0.25, 0.3) is 6.08 Å². The van der Waals surface area contributed by atoms with Gasteiger partial charge in [-0.3, -0.25) is 9.69 Å². The SMILES string of the molecule is COc1ccc(S(=O)(=O)N2CCN(C/C=C/c3ccccc3)CC2)cc1NC(=O)c1ccc(Cl)cc1Cl. The molecular weight excluding hydrogens is 533 g/mol. The second-order valence-electron chi connectivity index (χ2n) is 8.46. The first-order valence-corrected chi connectivity index (χ1v) is 13.9. The summed E-state index contributed by atoms with van der Waals surface area (Å²) in [5, 5.41) is 3.29. The Balaban J connectivity index is 1.43. The quantitative estimate of drug-likeness (QED) is 0.406. The number of carbonyl (C=O) groups is 1. The Morgan fingerprint density at radius 2 is 1.73 bits per heavy atom. The van der Waals surface area contributed by atoms with Gasteiger partial charge in [0.15, 0.2) is 0 Å². The van der Waals surface area contributed by atoms with Crippen molar-refractivity contribution in [1.82, 2.24) is 9.21 Å². The van der Waals surface area contributed by atoms with Gasteiger partial charge in [0.2, 0.25) is 10.0 Å². The van der Waals surface area contributed by atoms with Gasteiger partial charge in [-0.05, 0) is 42.0 Å². The summed E-state index contributed by atoms with van der Waals surface area (Å²) in [5.74, 6) is -0.181. The second kappa shape index (κ2) is 12.1. The van der Waals surface area contributed by atoms with E-state index in [0.29, 0.717) is 37.0 Å². The van der Waals surface area contributed by atoms with Gasteiger partial charge in [0, 0.05) is 37.7 Å². The molecule has 0 spiro atoms. The monoisotopic (exact) mass is 559 g/mol. The number of amides is 1. The molecule has 1 N–H and O–H groups in total. The molecule has 1 aliphatic rings. The predicted octanol–water partition coefficient (Wildman–Crippen LogP) is 5.27. The molecule has 1 aliphatic heterocycles. The van der Waals surface area contributed by atoms with E-state index in [9.17, 15) is 13.2 Å². The van der Waals surface area contributed by atoms with Gasteiger partial charge in [0.05, 0.1) is 28.3 Å². The van der Waals surface area contributed by atoms with Crippen molar-refractivity contribution in [2.75, 3.05) is 45.2 Å². The van der Waals surface area contributed by atoms with Crippen LogP contribution in [0, 0.1) is 0 Å². The number of methoxy groups -OCH3 is 1. The van der Waals surface area contributed by atoms with Crippen LogP contribution < -0.4 is 10.1 Å². The van der Waals surface area contributed by atoms with Crippen molar-refractivity contribution in [1.29, 1.82) is 0 Å². The third-order valence-corrected chi connectivity index (χ3v) is 8.48. The molecular formula is C27H27Cl2N3O4S. The highest BCUT2D eigenvalue weighted by Crippen LogP contribution is 2.31. The Hall–Kier alpha value is -2.88. The van der Waals surface area contributed by atoms with Gasteiger partial charge in [0.1, 0.15) is 5.75 Å². The molecule has 0 radical (unpaired) electrons. The van der Waals surface area contributed by atoms with Crippen LogP contribution in [0.5, 0.6) is 5.75 Å². The van der Waals surface area contributed by atoms with E-state index in [2.05, 4.69) is 22.4 Å². The van der Waals surface area contributed by atoms with Crippen LogP contribution in [0.3, 0.4) is 0 Å². The Labute approximate surface area is 227 Å². The van der Waals surface area contributed by atoms with E-state index in [1.807, 2.05) is 30.3 Å². The maximum atomic E-state index is 13.4. The maximum absolute atomic E-state index is 13.4. The fraction of sp³-hybridized carbons (Fsp3) is 0.222. The van der Waals surface area contributed by atoms with Gasteiger partial charge in [-0.15, -0.1) is 0 Å². The van der Waals surface area contributed by atoms with Crippen molar-refractivity contribution in [3.8, 4) is 5.75 Å². The van der Waals surface area contributed by atoms with E-state index in [-0.39, 0.29) is 21.2 Å². The van der Waals surface area contributed by atoms with Crippen LogP contribution in [0.15, 0.2) is 77.7 Å². The summed E-state index contributed by atoms with van der Waals surface area (Å²) in [6.07, 6.45) is 4.15. The molecule has 1 heterocycles. The van der Waals surface area contributed by atoms with Crippen LogP contribution >= 0.6 is 23.2 Å². The third kappa shape index (κ3) is 6.71. The number of sulfonamides is 1. The molecule has 3 aromatic carbocycles. The molecule has 1 amide bonds. The van der Waals surface area contributed by atoms with Gasteiger partial charge in [-0.2, -0.15) is 4.31 Å². The molecule has 0 bridgehead atoms. The molecule has 7 nitrogen and oxygen atoms in total. The van der Waals surface area contributed by atoms with Crippen LogP contribution in [-0.2, 0) is 10.0 Å². The van der Waals surface area contributed by atoms with Gasteiger partial charge < -0.3 is 10.1 Å². The first-order valence-electron chi connectivity index (χ1n) is 11.7. The minimum absolute atomic E-state index is 0.0724. The number of anilines is 1. The number of hydrogen-bond donors (Lipinski definition) is 1. The number of nitrogens with zero attached hydrogens (tertiary/aromatic N) is 2. The molecule has 37 heavy (non-hydrogen) atoms. The summed E-state index contributed by atoms with van der Waals surface area (Å²) in [6, 6.07) is 19.0. The van der Waals surface area contributed by atoms with E-state index >= 15 is 0 Å². The number of rotatable bonds is 8. The maximum Gasteiger partial charge on any atom is 0.257 e. The molecule has 1 fully saturated rings. The Kier molecular flexibility index (Phi) is 8.89. The van der Waals surface area contributed by atoms with E-state index < -0.39 is 15.9 Å². The van der Waals surface area contributed by atoms with Crippen LogP contribution in [0.2, 0.25) is 10.0 Å². The zero-order chi connectivity index (χ0) is 26.4. The molecule has 0 aliphatic carbocycles. The number of hydrogen-bond acceptors (Lipinski definition) is 5. The second-order valence-corrected chi connectivity index (χ2v) is 11.2. The molecule has 10 heteroatoms. The van der Waals surface area contributed by atoms with Crippen molar-refractivity contribution in [2.24, 2.45) is 0 Å². The highest BCUT2D eigenvalue weighted by atomic mass is 35.5. The van der Waals surface area contributed by atoms with E-state index in [0.717, 1.165) is 12.1 Å². The Morgan fingerprint density at radius 1 is 1.00 bits per heavy atom. The molecule has 0 aromatic heterocycles. The Bertz CT molecular complexity index is 1390. The lowest BCUT2D eigenvalue weighted by molar-refractivity contribution is 0.102. The lowest BCUT2D eigenvalue weighted by atomic mass is 10.2. The fourth-order valence-electron chi connectivity index (χ4n) is 4.01. The fourth-order valence-corrected chi connectivity index (χ4v) is 5.96. The lowest BCUT2D eigenvalue weighted by Crippen LogP contribution is -2.48. The minimum Gasteiger partial charge on any atom is -0.495 e. The van der Waals surface area contributed by atoms with Gasteiger partial charge in [-0.25, -0.2) is 8.42 Å². The van der Waals surface area contributed by atoms with E-state index in [4.69, 9.17) is 27.9 Å². The number of halogens is 2. The van der Waals surface area contributed by atoms with Crippen LogP contribution in [0.1, 0.15) is 15.9 Å². The standard InChI is InChI=1S/C27H27Cl2N3O4S/c1-36-26-12-10-22(19-25(26)30-27(33)23-11-9-21(28)18-24(23)29)37(34,35)32-16-14-31(15-17-32)13-5-8-20-6-3-2-4-7-20/h2-12,18-19H,13-17H2,1H3,(H,30,33)/b8-5+. The van der Waals surface area contributed by atoms with E-state index in [1.54, 1.807) is 6.07 Å². The minimum atomic E-state index is -3.77. The smallest absolute Gasteiger partial charge is 0.257 e. The molecule has 0 unspecified atom stereocenters. The number of piperazine rings is 1. The van der Waals surface area contributed by atoms with E-state index in [1.165, 1.54) is 41.7 Å². The van der Waals surface area contributed by atoms with Crippen molar-refractivity contribution >= 4 is 50.9 Å². The predicted molar refractivity (Wildman–Crippen MR) is 148 cm³/mol. The van der Waals surface area contributed by atoms with Crippen molar-refractivity contribution < 1.29 is 17.9 Å². The van der Waals surface area contributed by atoms with Crippen LogP contribution in [-0.4, -0.2) is 63.4 Å².